The molecule has 4 bridgehead atoms. The molecule has 0 aromatic carbocycles. The third-order valence-electron chi connectivity index (χ3n) is 5.45. The Hall–Kier alpha value is -0.300. The fourth-order valence-electron chi connectivity index (χ4n) is 5.18. The zero-order valence-corrected chi connectivity index (χ0v) is 10.5. The molecule has 1 nitrogen and oxygen atoms in total. The molecule has 4 rings (SSSR count). The normalized spacial score (nSPS) is 47.0. The summed E-state index contributed by atoms with van der Waals surface area (Å²) in [6.45, 7) is 6.12. The van der Waals surface area contributed by atoms with Crippen molar-refractivity contribution >= 4 is 0 Å². The summed E-state index contributed by atoms with van der Waals surface area (Å²) in [5, 5.41) is 0. The Morgan fingerprint density at radius 3 is 2.00 bits per heavy atom. The van der Waals surface area contributed by atoms with E-state index in [1.807, 2.05) is 0 Å². The molecule has 90 valence electrons. The maximum atomic E-state index is 6.24. The van der Waals surface area contributed by atoms with Crippen LogP contribution in [0.15, 0.2) is 12.2 Å². The predicted octanol–water partition coefficient (Wildman–Crippen LogP) is 3.50. The summed E-state index contributed by atoms with van der Waals surface area (Å²) in [5.41, 5.74) is 8.03. The van der Waals surface area contributed by atoms with Gasteiger partial charge in [-0.2, -0.15) is 0 Å². The number of hydrogen-bond acceptors (Lipinski definition) is 1. The van der Waals surface area contributed by atoms with Crippen LogP contribution in [0.3, 0.4) is 0 Å². The lowest BCUT2D eigenvalue weighted by molar-refractivity contribution is -0.0588. The van der Waals surface area contributed by atoms with Crippen molar-refractivity contribution in [1.29, 1.82) is 0 Å². The van der Waals surface area contributed by atoms with Gasteiger partial charge in [-0.25, -0.2) is 0 Å². The Bertz CT molecular complexity index is 269. The van der Waals surface area contributed by atoms with Crippen molar-refractivity contribution in [1.82, 2.24) is 0 Å². The van der Waals surface area contributed by atoms with E-state index >= 15 is 0 Å². The van der Waals surface area contributed by atoms with Crippen LogP contribution < -0.4 is 5.73 Å². The third kappa shape index (κ3) is 1.73. The number of hydrogen-bond donors (Lipinski definition) is 1. The minimum Gasteiger partial charge on any atom is -0.324 e. The second-order valence-corrected chi connectivity index (χ2v) is 7.07. The molecule has 0 aromatic rings. The highest BCUT2D eigenvalue weighted by Gasteiger charge is 2.50. The molecule has 4 aliphatic rings. The lowest BCUT2D eigenvalue weighted by atomic mass is 9.48. The highest BCUT2D eigenvalue weighted by molar-refractivity contribution is 5.07. The van der Waals surface area contributed by atoms with Gasteiger partial charge < -0.3 is 5.73 Å². The van der Waals surface area contributed by atoms with Crippen LogP contribution in [0.1, 0.15) is 51.9 Å². The molecule has 4 fully saturated rings. The molecule has 16 heavy (non-hydrogen) atoms. The summed E-state index contributed by atoms with van der Waals surface area (Å²) in [7, 11) is 0. The zero-order chi connectivity index (χ0) is 11.3. The highest BCUT2D eigenvalue weighted by Crippen LogP contribution is 2.61. The van der Waals surface area contributed by atoms with E-state index in [1.165, 1.54) is 50.5 Å². The van der Waals surface area contributed by atoms with Crippen molar-refractivity contribution in [3.63, 3.8) is 0 Å². The van der Waals surface area contributed by atoms with Gasteiger partial charge in [0, 0.05) is 6.04 Å². The van der Waals surface area contributed by atoms with Crippen molar-refractivity contribution < 1.29 is 0 Å². The highest BCUT2D eigenvalue weighted by atomic mass is 14.7. The van der Waals surface area contributed by atoms with E-state index in [0.29, 0.717) is 5.41 Å². The second kappa shape index (κ2) is 3.60. The SMILES string of the molecule is C=C(C)C(N)CC12CC3CC(CC(C3)C1)C2. The molecule has 0 spiro atoms. The van der Waals surface area contributed by atoms with Gasteiger partial charge in [-0.15, -0.1) is 0 Å². The van der Waals surface area contributed by atoms with Gasteiger partial charge in [-0.1, -0.05) is 12.2 Å². The molecular weight excluding hydrogens is 194 g/mol. The van der Waals surface area contributed by atoms with Crippen LogP contribution in [0.25, 0.3) is 0 Å². The van der Waals surface area contributed by atoms with Gasteiger partial charge >= 0.3 is 0 Å². The Morgan fingerprint density at radius 1 is 1.19 bits per heavy atom. The summed E-state index contributed by atoms with van der Waals surface area (Å²) in [6, 6.07) is 0.247. The van der Waals surface area contributed by atoms with Crippen LogP contribution in [0, 0.1) is 23.2 Å². The van der Waals surface area contributed by atoms with Gasteiger partial charge in [0.2, 0.25) is 0 Å². The minimum absolute atomic E-state index is 0.247. The number of nitrogens with two attached hydrogens (primary N) is 1. The molecule has 0 amide bonds. The van der Waals surface area contributed by atoms with Crippen LogP contribution >= 0.6 is 0 Å². The van der Waals surface area contributed by atoms with Crippen molar-refractivity contribution in [2.45, 2.75) is 57.9 Å². The van der Waals surface area contributed by atoms with Crippen molar-refractivity contribution in [3.05, 3.63) is 12.2 Å². The summed E-state index contributed by atoms with van der Waals surface area (Å²) >= 11 is 0. The molecule has 0 heterocycles. The standard InChI is InChI=1S/C15H25N/c1-10(2)14(16)9-15-6-11-3-12(7-15)5-13(4-11)8-15/h11-14H,1,3-9,16H2,2H3. The first-order valence-electron chi connectivity index (χ1n) is 6.97. The Balaban J connectivity index is 1.76. The first kappa shape index (κ1) is 10.8. The van der Waals surface area contributed by atoms with Crippen LogP contribution in [0.5, 0.6) is 0 Å². The topological polar surface area (TPSA) is 26.0 Å². The van der Waals surface area contributed by atoms with Gasteiger partial charge in [-0.05, 0) is 75.0 Å². The third-order valence-corrected chi connectivity index (χ3v) is 5.45. The molecule has 0 radical (unpaired) electrons. The second-order valence-electron chi connectivity index (χ2n) is 7.07. The van der Waals surface area contributed by atoms with E-state index in [9.17, 15) is 0 Å². The van der Waals surface area contributed by atoms with E-state index in [2.05, 4.69) is 13.5 Å². The average molecular weight is 219 g/mol. The van der Waals surface area contributed by atoms with Gasteiger partial charge in [0.05, 0.1) is 0 Å². The fourth-order valence-corrected chi connectivity index (χ4v) is 5.18. The summed E-state index contributed by atoms with van der Waals surface area (Å²) < 4.78 is 0. The molecule has 1 atom stereocenters. The fraction of sp³-hybridized carbons (Fsp3) is 0.867. The van der Waals surface area contributed by atoms with Crippen LogP contribution in [0.4, 0.5) is 0 Å². The van der Waals surface area contributed by atoms with E-state index in [1.54, 1.807) is 0 Å². The predicted molar refractivity (Wildman–Crippen MR) is 68.0 cm³/mol. The molecular formula is C15H25N. The van der Waals surface area contributed by atoms with E-state index in [0.717, 1.165) is 17.8 Å². The Labute approximate surface area is 99.5 Å². The maximum absolute atomic E-state index is 6.24. The molecule has 0 aromatic heterocycles. The van der Waals surface area contributed by atoms with Gasteiger partial charge in [-0.3, -0.25) is 0 Å². The Morgan fingerprint density at radius 2 is 1.62 bits per heavy atom. The summed E-state index contributed by atoms with van der Waals surface area (Å²) in [5.74, 6) is 3.13. The first-order valence-corrected chi connectivity index (χ1v) is 6.97. The number of rotatable bonds is 3. The van der Waals surface area contributed by atoms with Gasteiger partial charge in [0.25, 0.3) is 0 Å². The largest absolute Gasteiger partial charge is 0.324 e. The molecule has 4 saturated carbocycles. The lowest BCUT2D eigenvalue weighted by Crippen LogP contribution is -2.48. The van der Waals surface area contributed by atoms with E-state index in [-0.39, 0.29) is 6.04 Å². The van der Waals surface area contributed by atoms with Gasteiger partial charge in [0.1, 0.15) is 0 Å². The molecule has 4 aliphatic carbocycles. The summed E-state index contributed by atoms with van der Waals surface area (Å²) in [4.78, 5) is 0. The van der Waals surface area contributed by atoms with Gasteiger partial charge in [0.15, 0.2) is 0 Å². The minimum atomic E-state index is 0.247. The monoisotopic (exact) mass is 219 g/mol. The zero-order valence-electron chi connectivity index (χ0n) is 10.5. The summed E-state index contributed by atoms with van der Waals surface area (Å²) in [6.07, 6.45) is 10.2. The quantitative estimate of drug-likeness (QED) is 0.722. The molecule has 1 unspecified atom stereocenters. The first-order chi connectivity index (χ1) is 7.56. The molecule has 1 heteroatoms. The smallest absolute Gasteiger partial charge is 0.0253 e. The molecule has 0 saturated heterocycles. The van der Waals surface area contributed by atoms with Crippen LogP contribution in [-0.4, -0.2) is 6.04 Å². The van der Waals surface area contributed by atoms with Crippen molar-refractivity contribution in [2.75, 3.05) is 0 Å². The van der Waals surface area contributed by atoms with Crippen LogP contribution in [-0.2, 0) is 0 Å². The van der Waals surface area contributed by atoms with Crippen LogP contribution in [0.2, 0.25) is 0 Å². The van der Waals surface area contributed by atoms with Crippen molar-refractivity contribution in [2.24, 2.45) is 28.9 Å². The van der Waals surface area contributed by atoms with E-state index < -0.39 is 0 Å². The lowest BCUT2D eigenvalue weighted by Gasteiger charge is -2.57. The average Bonchev–Trinajstić information content (AvgIpc) is 2.13. The maximum Gasteiger partial charge on any atom is 0.0253 e. The molecule has 0 aliphatic heterocycles. The Kier molecular flexibility index (Phi) is 2.43. The van der Waals surface area contributed by atoms with E-state index in [4.69, 9.17) is 5.73 Å². The molecule has 2 N–H and O–H groups in total. The van der Waals surface area contributed by atoms with Crippen molar-refractivity contribution in [3.8, 4) is 0 Å².